The molecule has 0 aliphatic heterocycles. The number of benzene rings is 2. The Morgan fingerprint density at radius 1 is 1.00 bits per heavy atom. The topological polar surface area (TPSA) is 29.9 Å². The number of rotatable bonds is 2. The second-order valence-electron chi connectivity index (χ2n) is 8.30. The zero-order valence-corrected chi connectivity index (χ0v) is 18.0. The molecule has 0 fully saturated rings. The fraction of sp³-hybridized carbons (Fsp3) is 0.214. The summed E-state index contributed by atoms with van der Waals surface area (Å²) < 4.78 is 70.3. The largest absolute Gasteiger partial charge is 0.437 e. The highest BCUT2D eigenvalue weighted by Crippen LogP contribution is 2.37. The van der Waals surface area contributed by atoms with Gasteiger partial charge < -0.3 is 4.42 Å². The van der Waals surface area contributed by atoms with Crippen molar-refractivity contribution in [1.29, 1.82) is 0 Å². The van der Waals surface area contributed by atoms with E-state index in [1.165, 1.54) is 19.1 Å². The predicted octanol–water partition coefficient (Wildman–Crippen LogP) is 6.88. The van der Waals surface area contributed by atoms with Crippen molar-refractivity contribution in [1.82, 2.24) is 4.98 Å². The lowest BCUT2D eigenvalue weighted by atomic mass is 9.91. The number of nitrogens with zero attached hydrogens (tertiary/aromatic N) is 2. The average molecular weight is 432 g/mol. The maximum absolute atomic E-state index is 14.4. The summed E-state index contributed by atoms with van der Waals surface area (Å²) in [6.07, 6.45) is 1.85. The number of aromatic nitrogens is 2. The molecule has 4 heteroatoms. The maximum Gasteiger partial charge on any atom is 0.227 e. The molecule has 0 aliphatic carbocycles. The minimum atomic E-state index is -2.82. The molecule has 3 aromatic heterocycles. The Balaban J connectivity index is 1.71. The predicted molar refractivity (Wildman–Crippen MR) is 127 cm³/mol. The van der Waals surface area contributed by atoms with Gasteiger partial charge in [-0.2, -0.15) is 0 Å². The van der Waals surface area contributed by atoms with Gasteiger partial charge in [-0.05, 0) is 36.8 Å². The van der Waals surface area contributed by atoms with Crippen LogP contribution < -0.4 is 4.57 Å². The highest BCUT2D eigenvalue weighted by molar-refractivity contribution is 6.08. The number of aryl methyl sites for hydroxylation is 2. The summed E-state index contributed by atoms with van der Waals surface area (Å²) >= 11 is 0. The van der Waals surface area contributed by atoms with Crippen LogP contribution in [0.1, 0.15) is 40.1 Å². The van der Waals surface area contributed by atoms with E-state index in [1.54, 1.807) is 24.3 Å². The molecule has 0 amide bonds. The van der Waals surface area contributed by atoms with E-state index in [9.17, 15) is 4.39 Å². The van der Waals surface area contributed by atoms with Crippen LogP contribution in [0.5, 0.6) is 0 Å². The SMILES string of the molecule is [2H]C([2H])([2H])C(C)(c1ccc2c(n1)oc1c(-c3ccc(-c4ccccc4F)c[n+]3C)c(C)ccc12)C([2H])([2H])[2H]. The zero-order chi connectivity index (χ0) is 27.6. The molecule has 0 saturated heterocycles. The molecule has 32 heavy (non-hydrogen) atoms. The van der Waals surface area contributed by atoms with Gasteiger partial charge in [-0.25, -0.2) is 13.9 Å². The third kappa shape index (κ3) is 3.27. The summed E-state index contributed by atoms with van der Waals surface area (Å²) in [5.74, 6) is -0.307. The second-order valence-corrected chi connectivity index (χ2v) is 8.30. The normalized spacial score (nSPS) is 15.6. The molecule has 0 atom stereocenters. The fourth-order valence-electron chi connectivity index (χ4n) is 4.14. The van der Waals surface area contributed by atoms with Crippen LogP contribution >= 0.6 is 0 Å². The van der Waals surface area contributed by atoms with Crippen LogP contribution in [-0.4, -0.2) is 4.98 Å². The molecule has 3 nitrogen and oxygen atoms in total. The van der Waals surface area contributed by atoms with Gasteiger partial charge in [0.05, 0.1) is 5.56 Å². The van der Waals surface area contributed by atoms with Crippen molar-refractivity contribution in [2.24, 2.45) is 7.05 Å². The fourth-order valence-corrected chi connectivity index (χ4v) is 4.14. The Labute approximate surface area is 195 Å². The molecule has 0 unspecified atom stereocenters. The maximum atomic E-state index is 14.4. The molecule has 0 radical (unpaired) electrons. The molecule has 0 N–H and O–H groups in total. The monoisotopic (exact) mass is 431 g/mol. The van der Waals surface area contributed by atoms with Crippen LogP contribution in [0.3, 0.4) is 0 Å². The van der Waals surface area contributed by atoms with Crippen molar-refractivity contribution in [3.8, 4) is 22.4 Å². The molecule has 160 valence electrons. The summed E-state index contributed by atoms with van der Waals surface area (Å²) in [5.41, 5.74) is 2.23. The van der Waals surface area contributed by atoms with Crippen LogP contribution in [-0.2, 0) is 12.5 Å². The lowest BCUT2D eigenvalue weighted by Crippen LogP contribution is -2.31. The van der Waals surface area contributed by atoms with Gasteiger partial charge in [0.1, 0.15) is 12.9 Å². The van der Waals surface area contributed by atoms with Crippen LogP contribution in [0.4, 0.5) is 4.39 Å². The Kier molecular flexibility index (Phi) is 3.30. The van der Waals surface area contributed by atoms with Gasteiger partial charge in [0, 0.05) is 47.3 Å². The first kappa shape index (κ1) is 14.5. The Bertz CT molecular complexity index is 1690. The summed E-state index contributed by atoms with van der Waals surface area (Å²) in [6, 6.07) is 17.3. The number of fused-ring (bicyclic) bond motifs is 3. The third-order valence-electron chi connectivity index (χ3n) is 5.80. The molecule has 0 bridgehead atoms. The molecular formula is C28H26FN2O+. The van der Waals surface area contributed by atoms with Gasteiger partial charge in [0.25, 0.3) is 0 Å². The molecule has 5 rings (SSSR count). The Morgan fingerprint density at radius 2 is 1.78 bits per heavy atom. The smallest absolute Gasteiger partial charge is 0.227 e. The quantitative estimate of drug-likeness (QED) is 0.285. The lowest BCUT2D eigenvalue weighted by Gasteiger charge is -2.16. The van der Waals surface area contributed by atoms with Crippen molar-refractivity contribution >= 4 is 22.1 Å². The second kappa shape index (κ2) is 7.27. The van der Waals surface area contributed by atoms with Gasteiger partial charge in [0.15, 0.2) is 11.8 Å². The highest BCUT2D eigenvalue weighted by atomic mass is 19.1. The van der Waals surface area contributed by atoms with Crippen LogP contribution in [0.2, 0.25) is 0 Å². The first-order valence-corrected chi connectivity index (χ1v) is 10.3. The lowest BCUT2D eigenvalue weighted by molar-refractivity contribution is -0.659. The Morgan fingerprint density at radius 3 is 2.53 bits per heavy atom. The van der Waals surface area contributed by atoms with E-state index in [2.05, 4.69) is 4.98 Å². The summed E-state index contributed by atoms with van der Waals surface area (Å²) in [6.45, 7) is -2.50. The van der Waals surface area contributed by atoms with Gasteiger partial charge in [-0.3, -0.25) is 0 Å². The van der Waals surface area contributed by atoms with Crippen LogP contribution in [0.25, 0.3) is 44.5 Å². The number of pyridine rings is 2. The van der Waals surface area contributed by atoms with Gasteiger partial charge in [-0.15, -0.1) is 0 Å². The average Bonchev–Trinajstić information content (AvgIpc) is 3.20. The van der Waals surface area contributed by atoms with Crippen molar-refractivity contribution in [2.75, 3.05) is 0 Å². The van der Waals surface area contributed by atoms with Crippen molar-refractivity contribution in [2.45, 2.75) is 33.0 Å². The van der Waals surface area contributed by atoms with E-state index in [4.69, 9.17) is 12.6 Å². The van der Waals surface area contributed by atoms with Crippen molar-refractivity contribution in [3.63, 3.8) is 0 Å². The molecule has 5 aromatic rings. The zero-order valence-electron chi connectivity index (χ0n) is 24.0. The van der Waals surface area contributed by atoms with Crippen LogP contribution in [0, 0.1) is 12.7 Å². The molecule has 0 saturated carbocycles. The first-order valence-electron chi connectivity index (χ1n) is 13.3. The molecule has 0 aliphatic rings. The number of hydrogen-bond donors (Lipinski definition) is 0. The van der Waals surface area contributed by atoms with E-state index in [-0.39, 0.29) is 17.2 Å². The van der Waals surface area contributed by atoms with E-state index in [0.29, 0.717) is 16.5 Å². The minimum Gasteiger partial charge on any atom is -0.437 e. The van der Waals surface area contributed by atoms with Crippen molar-refractivity contribution in [3.05, 3.63) is 83.9 Å². The van der Waals surface area contributed by atoms with Crippen LogP contribution in [0.15, 0.2) is 71.3 Å². The number of halogens is 1. The van der Waals surface area contributed by atoms with Gasteiger partial charge in [-0.1, -0.05) is 51.0 Å². The first-order chi connectivity index (χ1) is 17.7. The number of furan rings is 1. The Hall–Kier alpha value is -3.53. The number of hydrogen-bond acceptors (Lipinski definition) is 2. The molecule has 0 spiro atoms. The van der Waals surface area contributed by atoms with E-state index in [1.807, 2.05) is 49.0 Å². The third-order valence-corrected chi connectivity index (χ3v) is 5.80. The standard InChI is InChI=1S/C28H26FN2O/c1-17-10-12-20-21-13-15-24(28(2,3)4)30-27(21)32-26(20)25(17)23-14-11-18(16-31(23)5)19-8-6-7-9-22(19)29/h6-16H,1-5H3/q+1/i2D3,3D3. The molecule has 2 aromatic carbocycles. The van der Waals surface area contributed by atoms with Crippen molar-refractivity contribution < 1.29 is 21.6 Å². The molecule has 3 heterocycles. The van der Waals surface area contributed by atoms with Gasteiger partial charge in [0.2, 0.25) is 11.4 Å². The van der Waals surface area contributed by atoms with E-state index >= 15 is 0 Å². The van der Waals surface area contributed by atoms with E-state index in [0.717, 1.165) is 27.8 Å². The summed E-state index contributed by atoms with van der Waals surface area (Å²) in [4.78, 5) is 4.43. The molecular weight excluding hydrogens is 399 g/mol. The highest BCUT2D eigenvalue weighted by Gasteiger charge is 2.23. The summed E-state index contributed by atoms with van der Waals surface area (Å²) in [5, 5.41) is 1.41. The van der Waals surface area contributed by atoms with Gasteiger partial charge >= 0.3 is 0 Å². The van der Waals surface area contributed by atoms with E-state index < -0.39 is 19.1 Å². The minimum absolute atomic E-state index is 0.0814. The summed E-state index contributed by atoms with van der Waals surface area (Å²) in [7, 11) is 1.87.